The van der Waals surface area contributed by atoms with Crippen molar-refractivity contribution in [2.24, 2.45) is 11.8 Å². The molecule has 5 N–H and O–H groups in total. The normalized spacial score (nSPS) is 13.1. The molecule has 1 aromatic carbocycles. The number of anilines is 1. The number of thiazole rings is 1. The summed E-state index contributed by atoms with van der Waals surface area (Å²) in [5.74, 6) is -1.42. The maximum absolute atomic E-state index is 13.5. The van der Waals surface area contributed by atoms with Gasteiger partial charge in [-0.15, -0.1) is 11.3 Å². The Hall–Kier alpha value is -3.55. The summed E-state index contributed by atoms with van der Waals surface area (Å²) in [5, 5.41) is 21.2. The molecule has 0 saturated heterocycles. The highest BCUT2D eigenvalue weighted by atomic mass is 32.1. The lowest BCUT2D eigenvalue weighted by atomic mass is 9.86. The maximum atomic E-state index is 13.5. The van der Waals surface area contributed by atoms with E-state index >= 15 is 0 Å². The van der Waals surface area contributed by atoms with Crippen molar-refractivity contribution in [3.05, 3.63) is 47.5 Å². The van der Waals surface area contributed by atoms with Crippen molar-refractivity contribution < 1.29 is 29.2 Å². The molecule has 226 valence electrons. The highest BCUT2D eigenvalue weighted by Crippen LogP contribution is 2.23. The third kappa shape index (κ3) is 12.7. The zero-order chi connectivity index (χ0) is 30.0. The van der Waals surface area contributed by atoms with Gasteiger partial charge in [0.1, 0.15) is 6.04 Å². The Morgan fingerprint density at radius 3 is 2.51 bits per heavy atom. The first-order valence-electron chi connectivity index (χ1n) is 13.9. The molecule has 1 heterocycles. The molecule has 5 amide bonds. The summed E-state index contributed by atoms with van der Waals surface area (Å²) >= 11 is 1.26. The Kier molecular flexibility index (Phi) is 15.4. The summed E-state index contributed by atoms with van der Waals surface area (Å²) in [7, 11) is 0. The lowest BCUT2D eigenvalue weighted by Gasteiger charge is -2.32. The number of hydrogen-bond donors (Lipinski definition) is 5. The Bertz CT molecular complexity index is 1060. The van der Waals surface area contributed by atoms with E-state index in [4.69, 9.17) is 4.84 Å². The molecule has 3 atom stereocenters. The standard InChI is InChI=1S/C28H42N6O6S/c1-4-10-24(34(39)19-35)22(17-20(2)3)25(36)31-23(26(37)32-28-30-15-16-41-28)13-8-9-14-29-27(38)33-40-18-21-11-6-5-7-12-21/h5-7,11-12,15-16,19-20,22-24,39H,4,8-10,13-14,17-18H2,1-3H3,(H,31,36)(H2,29,33,38)(H,30,32,37)/t22-,23+,24+/m1/s1. The summed E-state index contributed by atoms with van der Waals surface area (Å²) in [6.45, 7) is 6.39. The van der Waals surface area contributed by atoms with Crippen LogP contribution in [0.15, 0.2) is 41.9 Å². The summed E-state index contributed by atoms with van der Waals surface area (Å²) < 4.78 is 0. The van der Waals surface area contributed by atoms with Gasteiger partial charge in [-0.1, -0.05) is 57.5 Å². The van der Waals surface area contributed by atoms with Gasteiger partial charge < -0.3 is 16.0 Å². The van der Waals surface area contributed by atoms with Gasteiger partial charge in [0.15, 0.2) is 5.13 Å². The summed E-state index contributed by atoms with van der Waals surface area (Å²) in [6, 6.07) is 7.36. The summed E-state index contributed by atoms with van der Waals surface area (Å²) in [5.41, 5.74) is 3.26. The highest BCUT2D eigenvalue weighted by Gasteiger charge is 2.34. The number of aromatic nitrogens is 1. The van der Waals surface area contributed by atoms with Crippen molar-refractivity contribution in [3.63, 3.8) is 0 Å². The van der Waals surface area contributed by atoms with Crippen LogP contribution in [0.3, 0.4) is 0 Å². The van der Waals surface area contributed by atoms with Crippen molar-refractivity contribution >= 4 is 40.7 Å². The van der Waals surface area contributed by atoms with Crippen LogP contribution in [0, 0.1) is 11.8 Å². The minimum Gasteiger partial charge on any atom is -0.344 e. The molecule has 0 fully saturated rings. The molecule has 41 heavy (non-hydrogen) atoms. The fourth-order valence-corrected chi connectivity index (χ4v) is 4.87. The molecule has 13 heteroatoms. The average molecular weight is 591 g/mol. The SMILES string of the molecule is CCC[C@@H]([C@@H](CC(C)C)C(=O)N[C@@H](CCCCNC(=O)NOCc1ccccc1)C(=O)Nc1nccs1)N(O)C=O. The Morgan fingerprint density at radius 1 is 1.12 bits per heavy atom. The monoisotopic (exact) mass is 590 g/mol. The summed E-state index contributed by atoms with van der Waals surface area (Å²) in [6.07, 6.45) is 4.76. The third-order valence-corrected chi connectivity index (χ3v) is 6.99. The number of unbranched alkanes of at least 4 members (excludes halogenated alkanes) is 1. The number of nitrogens with zero attached hydrogens (tertiary/aromatic N) is 2. The predicted octanol–water partition coefficient (Wildman–Crippen LogP) is 3.85. The number of amides is 5. The van der Waals surface area contributed by atoms with Gasteiger partial charge in [-0.05, 0) is 43.6 Å². The molecule has 1 aromatic heterocycles. The van der Waals surface area contributed by atoms with Crippen LogP contribution < -0.4 is 21.4 Å². The van der Waals surface area contributed by atoms with Crippen molar-refractivity contribution in [1.82, 2.24) is 26.2 Å². The largest absolute Gasteiger partial charge is 0.344 e. The fraction of sp³-hybridized carbons (Fsp3) is 0.536. The number of carbonyl (C=O) groups is 4. The molecule has 0 bridgehead atoms. The van der Waals surface area contributed by atoms with E-state index in [-0.39, 0.29) is 12.5 Å². The van der Waals surface area contributed by atoms with Crippen LogP contribution in [-0.4, -0.2) is 58.1 Å². The van der Waals surface area contributed by atoms with Crippen LogP contribution in [0.25, 0.3) is 0 Å². The van der Waals surface area contributed by atoms with Crippen LogP contribution in [0.5, 0.6) is 0 Å². The average Bonchev–Trinajstić information content (AvgIpc) is 3.47. The molecule has 2 aromatic rings. The van der Waals surface area contributed by atoms with Gasteiger partial charge in [0, 0.05) is 18.1 Å². The zero-order valence-electron chi connectivity index (χ0n) is 23.9. The Balaban J connectivity index is 1.94. The second-order valence-electron chi connectivity index (χ2n) is 10.1. The molecule has 12 nitrogen and oxygen atoms in total. The van der Waals surface area contributed by atoms with Gasteiger partial charge >= 0.3 is 6.03 Å². The first-order chi connectivity index (χ1) is 19.7. The van der Waals surface area contributed by atoms with Gasteiger partial charge in [0.25, 0.3) is 0 Å². The van der Waals surface area contributed by atoms with E-state index in [2.05, 4.69) is 26.4 Å². The van der Waals surface area contributed by atoms with Crippen molar-refractivity contribution in [2.75, 3.05) is 11.9 Å². The maximum Gasteiger partial charge on any atom is 0.338 e. The molecule has 0 aliphatic heterocycles. The second kappa shape index (κ2) is 18.7. The van der Waals surface area contributed by atoms with E-state index in [0.29, 0.717) is 61.7 Å². The Labute approximate surface area is 245 Å². The molecule has 0 saturated carbocycles. The molecule has 0 spiro atoms. The number of hydrogen-bond acceptors (Lipinski definition) is 8. The molecule has 2 rings (SSSR count). The minimum absolute atomic E-state index is 0.113. The smallest absolute Gasteiger partial charge is 0.338 e. The lowest BCUT2D eigenvalue weighted by Crippen LogP contribution is -2.51. The zero-order valence-corrected chi connectivity index (χ0v) is 24.7. The number of benzene rings is 1. The van der Waals surface area contributed by atoms with Gasteiger partial charge in [0.05, 0.1) is 18.6 Å². The quantitative estimate of drug-likeness (QED) is 0.0718. The van der Waals surface area contributed by atoms with Crippen LogP contribution >= 0.6 is 11.3 Å². The van der Waals surface area contributed by atoms with E-state index in [1.54, 1.807) is 11.6 Å². The highest BCUT2D eigenvalue weighted by molar-refractivity contribution is 7.13. The fourth-order valence-electron chi connectivity index (χ4n) is 4.33. The number of nitrogens with one attached hydrogen (secondary N) is 4. The van der Waals surface area contributed by atoms with E-state index in [1.165, 1.54) is 11.3 Å². The van der Waals surface area contributed by atoms with Gasteiger partial charge in [-0.3, -0.25) is 24.4 Å². The Morgan fingerprint density at radius 2 is 1.88 bits per heavy atom. The van der Waals surface area contributed by atoms with Crippen LogP contribution in [-0.2, 0) is 25.8 Å². The topological polar surface area (TPSA) is 162 Å². The first kappa shape index (κ1) is 33.7. The number of urea groups is 1. The van der Waals surface area contributed by atoms with Crippen molar-refractivity contribution in [3.8, 4) is 0 Å². The second-order valence-corrected chi connectivity index (χ2v) is 11.0. The van der Waals surface area contributed by atoms with E-state index in [9.17, 15) is 24.4 Å². The van der Waals surface area contributed by atoms with Crippen molar-refractivity contribution in [2.45, 2.75) is 78.0 Å². The van der Waals surface area contributed by atoms with Crippen molar-refractivity contribution in [1.29, 1.82) is 0 Å². The number of hydroxylamine groups is 3. The van der Waals surface area contributed by atoms with Crippen LogP contribution in [0.4, 0.5) is 9.93 Å². The number of carbonyl (C=O) groups excluding carboxylic acids is 4. The van der Waals surface area contributed by atoms with Gasteiger partial charge in [0.2, 0.25) is 18.2 Å². The molecular formula is C28H42N6O6S. The predicted molar refractivity (Wildman–Crippen MR) is 156 cm³/mol. The summed E-state index contributed by atoms with van der Waals surface area (Å²) in [4.78, 5) is 59.2. The number of rotatable bonds is 19. The third-order valence-electron chi connectivity index (χ3n) is 6.31. The molecule has 0 unspecified atom stereocenters. The van der Waals surface area contributed by atoms with E-state index in [1.807, 2.05) is 51.1 Å². The molecular weight excluding hydrogens is 548 g/mol. The first-order valence-corrected chi connectivity index (χ1v) is 14.8. The molecule has 0 aliphatic carbocycles. The molecule has 0 radical (unpaired) electrons. The lowest BCUT2D eigenvalue weighted by molar-refractivity contribution is -0.169. The van der Waals surface area contributed by atoms with E-state index in [0.717, 1.165) is 5.56 Å². The van der Waals surface area contributed by atoms with Crippen LogP contribution in [0.1, 0.15) is 64.9 Å². The minimum atomic E-state index is -0.880. The molecule has 0 aliphatic rings. The van der Waals surface area contributed by atoms with Gasteiger partial charge in [-0.25, -0.2) is 20.3 Å². The van der Waals surface area contributed by atoms with Gasteiger partial charge in [-0.2, -0.15) is 0 Å². The van der Waals surface area contributed by atoms with E-state index < -0.39 is 35.8 Å². The van der Waals surface area contributed by atoms with Crippen LogP contribution in [0.2, 0.25) is 0 Å².